The Bertz CT molecular complexity index is 673. The van der Waals surface area contributed by atoms with Gasteiger partial charge in [0.2, 0.25) is 5.91 Å². The van der Waals surface area contributed by atoms with Gasteiger partial charge in [0.25, 0.3) is 0 Å². The Hall–Kier alpha value is -1.81. The molecule has 1 aromatic carbocycles. The lowest BCUT2D eigenvalue weighted by Gasteiger charge is -2.33. The molecule has 0 aliphatic heterocycles. The van der Waals surface area contributed by atoms with E-state index in [9.17, 15) is 9.90 Å². The van der Waals surface area contributed by atoms with Crippen LogP contribution in [0.15, 0.2) is 30.5 Å². The number of carbonyl (C=O) groups excluding carboxylic acids is 1. The predicted molar refractivity (Wildman–Crippen MR) is 98.9 cm³/mol. The maximum atomic E-state index is 12.1. The molecule has 4 heteroatoms. The Morgan fingerprint density at radius 2 is 2.00 bits per heavy atom. The minimum absolute atomic E-state index is 0.0545. The first kappa shape index (κ1) is 18.5. The van der Waals surface area contributed by atoms with Gasteiger partial charge in [-0.1, -0.05) is 45.9 Å². The monoisotopic (exact) mass is 330 g/mol. The molecule has 0 aliphatic rings. The fourth-order valence-electron chi connectivity index (χ4n) is 3.20. The zero-order chi connectivity index (χ0) is 17.7. The van der Waals surface area contributed by atoms with Crippen molar-refractivity contribution in [1.29, 1.82) is 0 Å². The van der Waals surface area contributed by atoms with Gasteiger partial charge >= 0.3 is 0 Å². The maximum Gasteiger partial charge on any atom is 0.220 e. The van der Waals surface area contributed by atoms with Gasteiger partial charge in [-0.3, -0.25) is 4.79 Å². The first-order valence-electron chi connectivity index (χ1n) is 8.81. The summed E-state index contributed by atoms with van der Waals surface area (Å²) in [5.74, 6) is 0.234. The van der Waals surface area contributed by atoms with E-state index in [1.807, 2.05) is 46.0 Å². The summed E-state index contributed by atoms with van der Waals surface area (Å²) in [5.41, 5.74) is 2.08. The van der Waals surface area contributed by atoms with Crippen LogP contribution in [0.4, 0.5) is 0 Å². The number of H-pyrrole nitrogens is 1. The first-order valence-corrected chi connectivity index (χ1v) is 8.81. The third-order valence-corrected chi connectivity index (χ3v) is 4.70. The van der Waals surface area contributed by atoms with Gasteiger partial charge in [0, 0.05) is 35.5 Å². The molecule has 2 rings (SSSR count). The molecule has 1 atom stereocenters. The summed E-state index contributed by atoms with van der Waals surface area (Å²) in [7, 11) is 0. The van der Waals surface area contributed by atoms with Crippen LogP contribution >= 0.6 is 0 Å². The van der Waals surface area contributed by atoms with Crippen LogP contribution in [0.3, 0.4) is 0 Å². The zero-order valence-corrected chi connectivity index (χ0v) is 15.2. The summed E-state index contributed by atoms with van der Waals surface area (Å²) >= 11 is 0. The molecule has 1 unspecified atom stereocenters. The van der Waals surface area contributed by atoms with Crippen LogP contribution in [0.2, 0.25) is 0 Å². The molecule has 4 nitrogen and oxygen atoms in total. The molecule has 0 spiro atoms. The lowest BCUT2D eigenvalue weighted by molar-refractivity contribution is -0.122. The number of rotatable bonds is 8. The van der Waals surface area contributed by atoms with Crippen LogP contribution in [0.25, 0.3) is 10.9 Å². The minimum atomic E-state index is -0.427. The third kappa shape index (κ3) is 4.60. The summed E-state index contributed by atoms with van der Waals surface area (Å²) in [6, 6.07) is 8.22. The van der Waals surface area contributed by atoms with E-state index in [0.29, 0.717) is 13.0 Å². The molecule has 0 saturated heterocycles. The Kier molecular flexibility index (Phi) is 6.05. The zero-order valence-electron chi connectivity index (χ0n) is 15.2. The molecule has 3 N–H and O–H groups in total. The molecule has 1 aromatic heterocycles. The number of hydrogen-bond donors (Lipinski definition) is 3. The summed E-state index contributed by atoms with van der Waals surface area (Å²) in [6.45, 7) is 8.47. The van der Waals surface area contributed by atoms with Gasteiger partial charge in [-0.05, 0) is 30.4 Å². The second-order valence-corrected chi connectivity index (χ2v) is 7.67. The number of aliphatic hydroxyl groups is 1. The van der Waals surface area contributed by atoms with Crippen LogP contribution in [0, 0.1) is 11.3 Å². The van der Waals surface area contributed by atoms with Gasteiger partial charge in [0.15, 0.2) is 0 Å². The topological polar surface area (TPSA) is 65.1 Å². The highest BCUT2D eigenvalue weighted by molar-refractivity contribution is 5.83. The maximum absolute atomic E-state index is 12.1. The number of fused-ring (bicyclic) bond motifs is 1. The molecular formula is C20H30N2O2. The molecule has 0 saturated carbocycles. The smallest absolute Gasteiger partial charge is 0.220 e. The van der Waals surface area contributed by atoms with Crippen molar-refractivity contribution in [2.75, 3.05) is 6.54 Å². The summed E-state index contributed by atoms with van der Waals surface area (Å²) < 4.78 is 0. The van der Waals surface area contributed by atoms with E-state index < -0.39 is 6.10 Å². The van der Waals surface area contributed by atoms with E-state index in [0.717, 1.165) is 18.4 Å². The number of nitrogens with one attached hydrogen (secondary N) is 2. The molecule has 2 aromatic rings. The second kappa shape index (κ2) is 7.84. The van der Waals surface area contributed by atoms with E-state index in [2.05, 4.69) is 22.4 Å². The van der Waals surface area contributed by atoms with Gasteiger partial charge in [-0.25, -0.2) is 0 Å². The van der Waals surface area contributed by atoms with Crippen molar-refractivity contribution in [2.24, 2.45) is 11.3 Å². The number of carbonyl (C=O) groups is 1. The van der Waals surface area contributed by atoms with E-state index in [1.165, 1.54) is 10.9 Å². The molecule has 0 aliphatic carbocycles. The fourth-order valence-corrected chi connectivity index (χ4v) is 3.20. The fraction of sp³-hybridized carbons (Fsp3) is 0.550. The van der Waals surface area contributed by atoms with E-state index in [1.54, 1.807) is 0 Å². The molecule has 0 bridgehead atoms. The second-order valence-electron chi connectivity index (χ2n) is 7.67. The summed E-state index contributed by atoms with van der Waals surface area (Å²) in [6.07, 6.45) is 3.82. The van der Waals surface area contributed by atoms with Gasteiger partial charge in [-0.2, -0.15) is 0 Å². The Labute approximate surface area is 144 Å². The lowest BCUT2D eigenvalue weighted by atomic mass is 9.80. The number of hydrogen-bond acceptors (Lipinski definition) is 2. The molecule has 24 heavy (non-hydrogen) atoms. The number of amides is 1. The minimum Gasteiger partial charge on any atom is -0.392 e. The van der Waals surface area contributed by atoms with Crippen molar-refractivity contribution in [3.05, 3.63) is 36.0 Å². The normalized spacial score (nSPS) is 13.4. The molecule has 0 radical (unpaired) electrons. The van der Waals surface area contributed by atoms with Crippen molar-refractivity contribution >= 4 is 16.8 Å². The average molecular weight is 330 g/mol. The van der Waals surface area contributed by atoms with Gasteiger partial charge in [0.05, 0.1) is 6.10 Å². The van der Waals surface area contributed by atoms with Gasteiger partial charge in [-0.15, -0.1) is 0 Å². The largest absolute Gasteiger partial charge is 0.392 e. The molecule has 1 heterocycles. The summed E-state index contributed by atoms with van der Waals surface area (Å²) in [5, 5.41) is 14.4. The Morgan fingerprint density at radius 1 is 1.29 bits per heavy atom. The quantitative estimate of drug-likeness (QED) is 0.692. The SMILES string of the molecule is CC(C)C(O)C(C)(C)CNC(=O)CCCc1c[nH]c2ccccc12. The Morgan fingerprint density at radius 3 is 2.71 bits per heavy atom. The van der Waals surface area contributed by atoms with Crippen molar-refractivity contribution in [3.8, 4) is 0 Å². The van der Waals surface area contributed by atoms with Crippen LogP contribution in [-0.4, -0.2) is 28.6 Å². The standard InChI is InChI=1S/C20H30N2O2/c1-14(2)19(24)20(3,4)13-22-18(23)11-7-8-15-12-21-17-10-6-5-9-16(15)17/h5-6,9-10,12,14,19,21,24H,7-8,11,13H2,1-4H3,(H,22,23). The van der Waals surface area contributed by atoms with E-state index in [4.69, 9.17) is 0 Å². The highest BCUT2D eigenvalue weighted by atomic mass is 16.3. The highest BCUT2D eigenvalue weighted by Crippen LogP contribution is 2.25. The van der Waals surface area contributed by atoms with Crippen molar-refractivity contribution in [1.82, 2.24) is 10.3 Å². The molecule has 132 valence electrons. The van der Waals surface area contributed by atoms with Crippen LogP contribution in [-0.2, 0) is 11.2 Å². The van der Waals surface area contributed by atoms with Crippen LogP contribution < -0.4 is 5.32 Å². The van der Waals surface area contributed by atoms with E-state index in [-0.39, 0.29) is 17.2 Å². The summed E-state index contributed by atoms with van der Waals surface area (Å²) in [4.78, 5) is 15.3. The highest BCUT2D eigenvalue weighted by Gasteiger charge is 2.30. The van der Waals surface area contributed by atoms with Crippen molar-refractivity contribution < 1.29 is 9.90 Å². The van der Waals surface area contributed by atoms with Crippen molar-refractivity contribution in [2.45, 2.75) is 53.1 Å². The third-order valence-electron chi connectivity index (χ3n) is 4.70. The van der Waals surface area contributed by atoms with Crippen LogP contribution in [0.5, 0.6) is 0 Å². The van der Waals surface area contributed by atoms with Gasteiger partial charge in [0.1, 0.15) is 0 Å². The number of benzene rings is 1. The Balaban J connectivity index is 1.77. The number of para-hydroxylation sites is 1. The molecular weight excluding hydrogens is 300 g/mol. The van der Waals surface area contributed by atoms with Crippen molar-refractivity contribution in [3.63, 3.8) is 0 Å². The lowest BCUT2D eigenvalue weighted by Crippen LogP contribution is -2.43. The number of aromatic nitrogens is 1. The van der Waals surface area contributed by atoms with Gasteiger partial charge < -0.3 is 15.4 Å². The first-order chi connectivity index (χ1) is 11.3. The molecule has 1 amide bonds. The number of aliphatic hydroxyl groups excluding tert-OH is 1. The van der Waals surface area contributed by atoms with Crippen LogP contribution in [0.1, 0.15) is 46.1 Å². The number of aryl methyl sites for hydroxylation is 1. The average Bonchev–Trinajstić information content (AvgIpc) is 2.95. The predicted octanol–water partition coefficient (Wildman–Crippen LogP) is 3.65. The molecule has 0 fully saturated rings. The number of aromatic amines is 1. The van der Waals surface area contributed by atoms with E-state index >= 15 is 0 Å².